The van der Waals surface area contributed by atoms with Crippen molar-refractivity contribution in [2.45, 2.75) is 32.6 Å². The molecule has 0 aliphatic carbocycles. The number of thiol groups is 1. The van der Waals surface area contributed by atoms with E-state index in [4.69, 9.17) is 0 Å². The summed E-state index contributed by atoms with van der Waals surface area (Å²) < 4.78 is 0. The number of aliphatic hydroxyl groups is 1. The fourth-order valence-electron chi connectivity index (χ4n) is 2.24. The van der Waals surface area contributed by atoms with Gasteiger partial charge >= 0.3 is 0 Å². The van der Waals surface area contributed by atoms with E-state index in [9.17, 15) is 5.11 Å². The molecule has 1 atom stereocenters. The average molecular weight is 272 g/mol. The summed E-state index contributed by atoms with van der Waals surface area (Å²) in [6.45, 7) is 8.18. The van der Waals surface area contributed by atoms with E-state index in [1.54, 1.807) is 0 Å². The van der Waals surface area contributed by atoms with Gasteiger partial charge in [0, 0.05) is 5.56 Å². The maximum Gasteiger partial charge on any atom is 0.159 e. The first-order chi connectivity index (χ1) is 8.84. The number of hydrogen-bond donors (Lipinski definition) is 2. The van der Waals surface area contributed by atoms with Crippen molar-refractivity contribution in [3.63, 3.8) is 0 Å². The molecule has 0 bridgehead atoms. The minimum atomic E-state index is -1.26. The van der Waals surface area contributed by atoms with E-state index in [1.165, 1.54) is 5.56 Å². The molecule has 1 N–H and O–H groups in total. The van der Waals surface area contributed by atoms with Crippen molar-refractivity contribution in [1.82, 2.24) is 0 Å². The van der Waals surface area contributed by atoms with Crippen LogP contribution in [0, 0.1) is 27.7 Å². The monoisotopic (exact) mass is 272 g/mol. The van der Waals surface area contributed by atoms with Crippen LogP contribution in [0.3, 0.4) is 0 Å². The third-order valence-corrected chi connectivity index (χ3v) is 4.39. The van der Waals surface area contributed by atoms with Crippen LogP contribution in [0.5, 0.6) is 0 Å². The third kappa shape index (κ3) is 2.56. The fraction of sp³-hybridized carbons (Fsp3) is 0.294. The lowest BCUT2D eigenvalue weighted by Gasteiger charge is -2.26. The maximum absolute atomic E-state index is 10.8. The van der Waals surface area contributed by atoms with Crippen LogP contribution in [0.2, 0.25) is 0 Å². The second-order valence-electron chi connectivity index (χ2n) is 5.22. The van der Waals surface area contributed by atoms with Gasteiger partial charge in [-0.2, -0.15) is 0 Å². The largest absolute Gasteiger partial charge is 0.371 e. The molecule has 0 fully saturated rings. The minimum absolute atomic E-state index is 0.813. The highest BCUT2D eigenvalue weighted by molar-refractivity contribution is 7.81. The van der Waals surface area contributed by atoms with Crippen LogP contribution in [-0.4, -0.2) is 5.11 Å². The van der Waals surface area contributed by atoms with Gasteiger partial charge in [-0.25, -0.2) is 0 Å². The van der Waals surface area contributed by atoms with E-state index < -0.39 is 4.93 Å². The van der Waals surface area contributed by atoms with Crippen LogP contribution in [-0.2, 0) is 4.93 Å². The van der Waals surface area contributed by atoms with Crippen molar-refractivity contribution in [2.24, 2.45) is 0 Å². The lowest BCUT2D eigenvalue weighted by molar-refractivity contribution is 0.183. The van der Waals surface area contributed by atoms with Gasteiger partial charge in [-0.15, -0.1) is 12.6 Å². The molecule has 0 saturated carbocycles. The second kappa shape index (κ2) is 5.03. The average Bonchev–Trinajstić information content (AvgIpc) is 2.35. The van der Waals surface area contributed by atoms with Gasteiger partial charge in [0.05, 0.1) is 0 Å². The Morgan fingerprint density at radius 3 is 2.21 bits per heavy atom. The van der Waals surface area contributed by atoms with Gasteiger partial charge in [0.2, 0.25) is 0 Å². The van der Waals surface area contributed by atoms with Crippen LogP contribution in [0.25, 0.3) is 0 Å². The van der Waals surface area contributed by atoms with Crippen molar-refractivity contribution in [2.75, 3.05) is 0 Å². The van der Waals surface area contributed by atoms with Gasteiger partial charge in [-0.05, 0) is 55.5 Å². The van der Waals surface area contributed by atoms with Crippen LogP contribution in [0.1, 0.15) is 33.4 Å². The molecule has 19 heavy (non-hydrogen) atoms. The van der Waals surface area contributed by atoms with E-state index >= 15 is 0 Å². The van der Waals surface area contributed by atoms with Crippen molar-refractivity contribution >= 4 is 12.6 Å². The van der Waals surface area contributed by atoms with E-state index in [-0.39, 0.29) is 0 Å². The first-order valence-corrected chi connectivity index (χ1v) is 6.88. The number of benzene rings is 2. The van der Waals surface area contributed by atoms with Gasteiger partial charge in [0.1, 0.15) is 0 Å². The molecule has 2 heteroatoms. The van der Waals surface area contributed by atoms with Crippen LogP contribution in [0.15, 0.2) is 36.4 Å². The van der Waals surface area contributed by atoms with E-state index in [2.05, 4.69) is 19.6 Å². The minimum Gasteiger partial charge on any atom is -0.371 e. The van der Waals surface area contributed by atoms with Gasteiger partial charge < -0.3 is 5.11 Å². The van der Waals surface area contributed by atoms with E-state index in [1.807, 2.05) is 57.2 Å². The van der Waals surface area contributed by atoms with Crippen LogP contribution < -0.4 is 0 Å². The Labute approximate surface area is 120 Å². The molecule has 100 valence electrons. The Bertz CT molecular complexity index is 615. The van der Waals surface area contributed by atoms with Gasteiger partial charge in [0.25, 0.3) is 0 Å². The van der Waals surface area contributed by atoms with Crippen LogP contribution >= 0.6 is 12.6 Å². The maximum atomic E-state index is 10.8. The quantitative estimate of drug-likeness (QED) is 0.624. The molecular weight excluding hydrogens is 252 g/mol. The predicted molar refractivity (Wildman–Crippen MR) is 83.8 cm³/mol. The molecule has 0 aliphatic heterocycles. The Morgan fingerprint density at radius 2 is 1.58 bits per heavy atom. The number of hydrogen-bond acceptors (Lipinski definition) is 2. The molecule has 1 nitrogen and oxygen atoms in total. The Morgan fingerprint density at radius 1 is 0.895 bits per heavy atom. The summed E-state index contributed by atoms with van der Waals surface area (Å²) >= 11 is 4.52. The first kappa shape index (κ1) is 14.2. The molecule has 0 saturated heterocycles. The Hall–Kier alpha value is -1.25. The molecule has 1 unspecified atom stereocenters. The molecule has 0 heterocycles. The van der Waals surface area contributed by atoms with E-state index in [0.717, 1.165) is 27.8 Å². The molecule has 0 radical (unpaired) electrons. The highest BCUT2D eigenvalue weighted by Gasteiger charge is 2.29. The summed E-state index contributed by atoms with van der Waals surface area (Å²) in [6.07, 6.45) is 0. The zero-order chi connectivity index (χ0) is 14.2. The van der Waals surface area contributed by atoms with Crippen molar-refractivity contribution < 1.29 is 5.11 Å². The lowest BCUT2D eigenvalue weighted by atomic mass is 9.92. The van der Waals surface area contributed by atoms with Gasteiger partial charge in [0.15, 0.2) is 4.93 Å². The molecule has 0 aromatic heterocycles. The summed E-state index contributed by atoms with van der Waals surface area (Å²) in [7, 11) is 0. The predicted octanol–water partition coefficient (Wildman–Crippen LogP) is 4.04. The van der Waals surface area contributed by atoms with Crippen molar-refractivity contribution in [3.05, 3.63) is 69.8 Å². The second-order valence-corrected chi connectivity index (χ2v) is 5.87. The zero-order valence-corrected chi connectivity index (χ0v) is 12.8. The van der Waals surface area contributed by atoms with Crippen molar-refractivity contribution in [3.8, 4) is 0 Å². The lowest BCUT2D eigenvalue weighted by Crippen LogP contribution is -2.21. The van der Waals surface area contributed by atoms with Gasteiger partial charge in [-0.3, -0.25) is 0 Å². The molecule has 0 spiro atoms. The standard InChI is InChI=1S/C17H20OS/c1-11-8-9-15(10-13(11)3)17(18,19)16-7-5-6-12(2)14(16)4/h5-10,18-19H,1-4H3. The van der Waals surface area contributed by atoms with Crippen LogP contribution in [0.4, 0.5) is 0 Å². The summed E-state index contributed by atoms with van der Waals surface area (Å²) in [5, 5.41) is 10.8. The SMILES string of the molecule is Cc1ccc(C(O)(S)c2cccc(C)c2C)cc1C. The highest BCUT2D eigenvalue weighted by Crippen LogP contribution is 2.36. The first-order valence-electron chi connectivity index (χ1n) is 6.43. The van der Waals surface area contributed by atoms with E-state index in [0.29, 0.717) is 0 Å². The topological polar surface area (TPSA) is 20.2 Å². The summed E-state index contributed by atoms with van der Waals surface area (Å²) in [5.74, 6) is 0. The molecule has 2 rings (SSSR count). The molecule has 2 aromatic carbocycles. The number of rotatable bonds is 2. The smallest absolute Gasteiger partial charge is 0.159 e. The Balaban J connectivity index is 2.58. The number of aryl methyl sites for hydroxylation is 3. The third-order valence-electron chi connectivity index (χ3n) is 3.89. The van der Waals surface area contributed by atoms with Gasteiger partial charge in [-0.1, -0.05) is 36.4 Å². The molecule has 0 amide bonds. The molecule has 2 aromatic rings. The summed E-state index contributed by atoms with van der Waals surface area (Å²) in [4.78, 5) is -1.26. The normalized spacial score (nSPS) is 14.2. The zero-order valence-electron chi connectivity index (χ0n) is 11.9. The highest BCUT2D eigenvalue weighted by atomic mass is 32.1. The fourth-order valence-corrected chi connectivity index (χ4v) is 2.62. The summed E-state index contributed by atoms with van der Waals surface area (Å²) in [6, 6.07) is 11.9. The summed E-state index contributed by atoms with van der Waals surface area (Å²) in [5.41, 5.74) is 6.28. The Kier molecular flexibility index (Phi) is 3.75. The van der Waals surface area contributed by atoms with Crippen molar-refractivity contribution in [1.29, 1.82) is 0 Å². The molecule has 0 aliphatic rings. The molecular formula is C17H20OS.